The van der Waals surface area contributed by atoms with Crippen LogP contribution in [0.2, 0.25) is 24.2 Å². The number of unbranched alkanes of at least 4 members (excludes halogenated alkanes) is 15. The number of rotatable bonds is 23. The van der Waals surface area contributed by atoms with Gasteiger partial charge < -0.3 is 0 Å². The third-order valence-electron chi connectivity index (χ3n) is 6.91. The summed E-state index contributed by atoms with van der Waals surface area (Å²) in [6.07, 6.45) is 26.2. The molecule has 1 unspecified atom stereocenters. The molecule has 0 aliphatic heterocycles. The summed E-state index contributed by atoms with van der Waals surface area (Å²) in [5.41, 5.74) is 0. The molecular formula is C27H58SSi. The van der Waals surface area contributed by atoms with Crippen molar-refractivity contribution >= 4 is 20.7 Å². The molecule has 0 spiro atoms. The molecule has 0 nitrogen and oxygen atoms in total. The van der Waals surface area contributed by atoms with E-state index in [-0.39, 0.29) is 0 Å². The molecule has 29 heavy (non-hydrogen) atoms. The SMILES string of the molecule is CCCCCCCC[Si](CCCCCCCC)(CCCCCCCC)CC(C)S. The maximum Gasteiger partial charge on any atom is 0.0546 e. The van der Waals surface area contributed by atoms with Crippen LogP contribution in [0.25, 0.3) is 0 Å². The van der Waals surface area contributed by atoms with E-state index in [2.05, 4.69) is 27.7 Å². The van der Waals surface area contributed by atoms with Gasteiger partial charge in [0.1, 0.15) is 0 Å². The second-order valence-electron chi connectivity index (χ2n) is 10.1. The molecular weight excluding hydrogens is 384 g/mol. The molecule has 0 aromatic rings. The highest BCUT2D eigenvalue weighted by Gasteiger charge is 2.32. The number of thiol groups is 1. The predicted octanol–water partition coefficient (Wildman–Crippen LogP) is 10.8. The lowest BCUT2D eigenvalue weighted by Gasteiger charge is -2.34. The average molecular weight is 443 g/mol. The van der Waals surface area contributed by atoms with Crippen molar-refractivity contribution in [2.75, 3.05) is 0 Å². The van der Waals surface area contributed by atoms with Crippen LogP contribution in [0.5, 0.6) is 0 Å². The van der Waals surface area contributed by atoms with Crippen LogP contribution in [-0.2, 0) is 0 Å². The lowest BCUT2D eigenvalue weighted by molar-refractivity contribution is 0.605. The van der Waals surface area contributed by atoms with Gasteiger partial charge in [-0.25, -0.2) is 0 Å². The second kappa shape index (κ2) is 21.8. The Morgan fingerprint density at radius 1 is 0.483 bits per heavy atom. The summed E-state index contributed by atoms with van der Waals surface area (Å²) in [5, 5.41) is 0.613. The lowest BCUT2D eigenvalue weighted by Crippen LogP contribution is -2.36. The van der Waals surface area contributed by atoms with Gasteiger partial charge in [-0.2, -0.15) is 12.6 Å². The van der Waals surface area contributed by atoms with Gasteiger partial charge in [-0.1, -0.05) is 161 Å². The van der Waals surface area contributed by atoms with Crippen molar-refractivity contribution < 1.29 is 0 Å². The van der Waals surface area contributed by atoms with Gasteiger partial charge in [0.25, 0.3) is 0 Å². The minimum Gasteiger partial charge on any atom is -0.177 e. The van der Waals surface area contributed by atoms with Crippen LogP contribution in [0, 0.1) is 0 Å². The highest BCUT2D eigenvalue weighted by atomic mass is 32.1. The van der Waals surface area contributed by atoms with Crippen molar-refractivity contribution in [3.8, 4) is 0 Å². The Labute approximate surface area is 193 Å². The molecule has 0 heterocycles. The smallest absolute Gasteiger partial charge is 0.0546 e. The fraction of sp³-hybridized carbons (Fsp3) is 1.00. The minimum absolute atomic E-state index is 0.613. The predicted molar refractivity (Wildman–Crippen MR) is 144 cm³/mol. The van der Waals surface area contributed by atoms with Crippen LogP contribution in [0.15, 0.2) is 0 Å². The van der Waals surface area contributed by atoms with Crippen molar-refractivity contribution in [3.63, 3.8) is 0 Å². The van der Waals surface area contributed by atoms with E-state index >= 15 is 0 Å². The van der Waals surface area contributed by atoms with Crippen molar-refractivity contribution in [2.24, 2.45) is 0 Å². The molecule has 0 aromatic heterocycles. The molecule has 0 aliphatic rings. The first-order valence-corrected chi connectivity index (χ1v) is 17.1. The van der Waals surface area contributed by atoms with Gasteiger partial charge in [0.05, 0.1) is 8.07 Å². The second-order valence-corrected chi connectivity index (χ2v) is 15.9. The number of hydrogen-bond acceptors (Lipinski definition) is 1. The van der Waals surface area contributed by atoms with E-state index in [9.17, 15) is 0 Å². The highest BCUT2D eigenvalue weighted by Crippen LogP contribution is 2.35. The normalized spacial score (nSPS) is 13.1. The molecule has 0 radical (unpaired) electrons. The Morgan fingerprint density at radius 2 is 0.759 bits per heavy atom. The molecule has 1 atom stereocenters. The largest absolute Gasteiger partial charge is 0.177 e. The summed E-state index contributed by atoms with van der Waals surface area (Å²) in [5.74, 6) is 0. The number of hydrogen-bond donors (Lipinski definition) is 1. The molecule has 0 amide bonds. The molecule has 0 rings (SSSR count). The average Bonchev–Trinajstić information content (AvgIpc) is 2.69. The zero-order valence-corrected chi connectivity index (χ0v) is 23.0. The van der Waals surface area contributed by atoms with Gasteiger partial charge in [-0.05, 0) is 11.3 Å². The van der Waals surface area contributed by atoms with Crippen LogP contribution in [0.1, 0.15) is 143 Å². The summed E-state index contributed by atoms with van der Waals surface area (Å²) >= 11 is 4.90. The van der Waals surface area contributed by atoms with E-state index in [1.54, 1.807) is 18.1 Å². The maximum absolute atomic E-state index is 4.90. The van der Waals surface area contributed by atoms with Crippen LogP contribution in [0.3, 0.4) is 0 Å². The summed E-state index contributed by atoms with van der Waals surface area (Å²) in [6.45, 7) is 9.35. The van der Waals surface area contributed by atoms with Crippen molar-refractivity contribution in [2.45, 2.75) is 173 Å². The third kappa shape index (κ3) is 19.0. The van der Waals surface area contributed by atoms with E-state index in [4.69, 9.17) is 12.6 Å². The maximum atomic E-state index is 4.90. The molecule has 2 heteroatoms. The van der Waals surface area contributed by atoms with Crippen molar-refractivity contribution in [3.05, 3.63) is 0 Å². The molecule has 0 aliphatic carbocycles. The van der Waals surface area contributed by atoms with E-state index in [1.807, 2.05) is 0 Å². The Hall–Kier alpha value is 0.567. The molecule has 0 aromatic carbocycles. The van der Waals surface area contributed by atoms with E-state index < -0.39 is 8.07 Å². The van der Waals surface area contributed by atoms with E-state index in [1.165, 1.54) is 122 Å². The van der Waals surface area contributed by atoms with Crippen molar-refractivity contribution in [1.29, 1.82) is 0 Å². The summed E-state index contributed by atoms with van der Waals surface area (Å²) in [7, 11) is -1.14. The zero-order chi connectivity index (χ0) is 21.6. The molecule has 0 bridgehead atoms. The van der Waals surface area contributed by atoms with Gasteiger partial charge in [-0.3, -0.25) is 0 Å². The molecule has 0 N–H and O–H groups in total. The Kier molecular flexibility index (Phi) is 22.2. The van der Waals surface area contributed by atoms with Gasteiger partial charge in [0, 0.05) is 0 Å². The quantitative estimate of drug-likeness (QED) is 0.0907. The molecule has 0 fully saturated rings. The van der Waals surface area contributed by atoms with E-state index in [0.29, 0.717) is 5.25 Å². The van der Waals surface area contributed by atoms with Crippen LogP contribution < -0.4 is 0 Å². The first kappa shape index (κ1) is 29.6. The van der Waals surface area contributed by atoms with Crippen LogP contribution in [0.4, 0.5) is 0 Å². The topological polar surface area (TPSA) is 0 Å². The first-order valence-electron chi connectivity index (χ1n) is 13.8. The zero-order valence-electron chi connectivity index (χ0n) is 21.1. The fourth-order valence-corrected chi connectivity index (χ4v) is 11.9. The Bertz CT molecular complexity index is 275. The van der Waals surface area contributed by atoms with Crippen molar-refractivity contribution in [1.82, 2.24) is 0 Å². The fourth-order valence-electron chi connectivity index (χ4n) is 5.15. The van der Waals surface area contributed by atoms with Gasteiger partial charge >= 0.3 is 0 Å². The molecule has 0 saturated heterocycles. The monoisotopic (exact) mass is 442 g/mol. The Balaban J connectivity index is 4.57. The lowest BCUT2D eigenvalue weighted by atomic mass is 10.1. The molecule has 176 valence electrons. The summed E-state index contributed by atoms with van der Waals surface area (Å²) < 4.78 is 0. The van der Waals surface area contributed by atoms with Gasteiger partial charge in [0.2, 0.25) is 0 Å². The van der Waals surface area contributed by atoms with Gasteiger partial charge in [-0.15, -0.1) is 0 Å². The van der Waals surface area contributed by atoms with E-state index in [0.717, 1.165) is 0 Å². The van der Waals surface area contributed by atoms with Crippen LogP contribution >= 0.6 is 12.6 Å². The first-order chi connectivity index (χ1) is 14.1. The molecule has 0 saturated carbocycles. The summed E-state index contributed by atoms with van der Waals surface area (Å²) in [6, 6.07) is 6.30. The summed E-state index contributed by atoms with van der Waals surface area (Å²) in [4.78, 5) is 0. The highest BCUT2D eigenvalue weighted by molar-refractivity contribution is 7.81. The Morgan fingerprint density at radius 3 is 1.03 bits per heavy atom. The standard InChI is InChI=1S/C27H58SSi/c1-5-8-11-14-17-20-23-29(26-27(4)28,24-21-18-15-12-9-6-2)25-22-19-16-13-10-7-3/h27-28H,5-26H2,1-4H3. The van der Waals surface area contributed by atoms with Crippen LogP contribution in [-0.4, -0.2) is 13.3 Å². The van der Waals surface area contributed by atoms with Gasteiger partial charge in [0.15, 0.2) is 0 Å². The minimum atomic E-state index is -1.14. The third-order valence-corrected chi connectivity index (χ3v) is 13.2.